The molecule has 4 aromatic carbocycles. The van der Waals surface area contributed by atoms with E-state index in [1.54, 1.807) is 53.8 Å². The van der Waals surface area contributed by atoms with Crippen molar-refractivity contribution in [1.82, 2.24) is 0 Å². The highest BCUT2D eigenvalue weighted by molar-refractivity contribution is 7.09. The summed E-state index contributed by atoms with van der Waals surface area (Å²) in [5, 5.41) is 14.8. The summed E-state index contributed by atoms with van der Waals surface area (Å²) < 4.78 is 31.7. The van der Waals surface area contributed by atoms with Crippen molar-refractivity contribution < 1.29 is 18.3 Å². The zero-order valence-corrected chi connectivity index (χ0v) is 22.4. The average molecular weight is 576 g/mol. The van der Waals surface area contributed by atoms with E-state index in [-0.39, 0.29) is 11.6 Å². The molecule has 0 saturated heterocycles. The molecule has 0 radical (unpaired) electrons. The fourth-order valence-electron chi connectivity index (χ4n) is 3.51. The lowest BCUT2D eigenvalue weighted by molar-refractivity contribution is 0.475. The van der Waals surface area contributed by atoms with Gasteiger partial charge in [0.1, 0.15) is 28.5 Å². The lowest BCUT2D eigenvalue weighted by atomic mass is 10.0. The summed E-state index contributed by atoms with van der Waals surface area (Å²) in [5.41, 5.74) is 2.23. The van der Waals surface area contributed by atoms with Crippen molar-refractivity contribution in [3.63, 3.8) is 0 Å². The molecule has 0 amide bonds. The highest BCUT2D eigenvalue weighted by atomic mass is 35.5. The lowest BCUT2D eigenvalue weighted by Gasteiger charge is -2.07. The van der Waals surface area contributed by atoms with Gasteiger partial charge in [0.2, 0.25) is 0 Å². The SMILES string of the molecule is Cc1cccs1.Fc1ccc2oc3ccc(Cl)cc3c2c1.Oc1ccc(F)cc1-c1cc(Cl)ccc1Cl. The number of benzene rings is 4. The number of halogens is 5. The number of hydrogen-bond acceptors (Lipinski definition) is 3. The normalized spacial score (nSPS) is 10.5. The third kappa shape index (κ3) is 6.82. The molecule has 37 heavy (non-hydrogen) atoms. The molecule has 0 aliphatic rings. The minimum absolute atomic E-state index is 0.0365. The Morgan fingerprint density at radius 2 is 1.32 bits per heavy atom. The zero-order valence-electron chi connectivity index (χ0n) is 19.3. The quantitative estimate of drug-likeness (QED) is 0.211. The van der Waals surface area contributed by atoms with E-state index < -0.39 is 5.82 Å². The van der Waals surface area contributed by atoms with Gasteiger partial charge in [0.15, 0.2) is 0 Å². The Hall–Kier alpha value is -3.09. The van der Waals surface area contributed by atoms with E-state index in [2.05, 4.69) is 24.4 Å². The fourth-order valence-corrected chi connectivity index (χ4v) is 4.60. The molecule has 0 spiro atoms. The summed E-state index contributed by atoms with van der Waals surface area (Å²) in [6.07, 6.45) is 0. The molecule has 0 aliphatic carbocycles. The molecule has 8 heteroatoms. The molecule has 0 saturated carbocycles. The van der Waals surface area contributed by atoms with Gasteiger partial charge in [-0.05, 0) is 91.2 Å². The molecule has 2 nitrogen and oxygen atoms in total. The summed E-state index contributed by atoms with van der Waals surface area (Å²) >= 11 is 19.4. The Bertz CT molecular complexity index is 1560. The van der Waals surface area contributed by atoms with Crippen molar-refractivity contribution in [2.24, 2.45) is 0 Å². The van der Waals surface area contributed by atoms with Crippen LogP contribution in [-0.4, -0.2) is 5.11 Å². The Morgan fingerprint density at radius 1 is 0.703 bits per heavy atom. The van der Waals surface area contributed by atoms with Crippen molar-refractivity contribution in [1.29, 1.82) is 0 Å². The fraction of sp³-hybridized carbons (Fsp3) is 0.0345. The molecule has 2 aromatic heterocycles. The molecule has 0 atom stereocenters. The maximum absolute atomic E-state index is 13.1. The van der Waals surface area contributed by atoms with E-state index in [1.807, 2.05) is 0 Å². The first-order chi connectivity index (χ1) is 17.7. The second-order valence-electron chi connectivity index (χ2n) is 7.89. The third-order valence-electron chi connectivity index (χ3n) is 5.23. The van der Waals surface area contributed by atoms with Crippen LogP contribution in [0.1, 0.15) is 4.88 Å². The van der Waals surface area contributed by atoms with E-state index in [0.717, 1.165) is 16.4 Å². The maximum Gasteiger partial charge on any atom is 0.135 e. The molecule has 0 fully saturated rings. The second kappa shape index (κ2) is 12.0. The van der Waals surface area contributed by atoms with E-state index in [1.165, 1.54) is 35.2 Å². The van der Waals surface area contributed by atoms with Gasteiger partial charge in [0.25, 0.3) is 0 Å². The van der Waals surface area contributed by atoms with Gasteiger partial charge < -0.3 is 9.52 Å². The highest BCUT2D eigenvalue weighted by Gasteiger charge is 2.10. The largest absolute Gasteiger partial charge is 0.507 e. The molecule has 2 heterocycles. The number of phenolic OH excluding ortho intramolecular Hbond substituents is 1. The van der Waals surface area contributed by atoms with Gasteiger partial charge in [-0.15, -0.1) is 11.3 Å². The van der Waals surface area contributed by atoms with Crippen LogP contribution in [0.15, 0.2) is 94.7 Å². The van der Waals surface area contributed by atoms with Crippen LogP contribution in [0, 0.1) is 18.6 Å². The van der Waals surface area contributed by atoms with E-state index in [9.17, 15) is 13.9 Å². The van der Waals surface area contributed by atoms with Crippen molar-refractivity contribution >= 4 is 68.1 Å². The van der Waals surface area contributed by atoms with Crippen LogP contribution in [0.4, 0.5) is 8.78 Å². The highest BCUT2D eigenvalue weighted by Crippen LogP contribution is 2.36. The third-order valence-corrected chi connectivity index (χ3v) is 6.83. The number of hydrogen-bond donors (Lipinski definition) is 1. The standard InChI is InChI=1S/C12H7Cl2FO.C12H6ClFO.C5H6S/c13-7-1-3-11(14)9(5-7)10-6-8(15)2-4-12(10)16;13-7-1-3-11-9(5-7)10-6-8(14)2-4-12(10)15-11;1-5-3-2-4-6-5/h1-6,16H;1-6H;2-4H,1H3. The molecule has 188 valence electrons. The van der Waals surface area contributed by atoms with E-state index in [0.29, 0.717) is 31.8 Å². The van der Waals surface area contributed by atoms with E-state index in [4.69, 9.17) is 39.2 Å². The monoisotopic (exact) mass is 574 g/mol. The van der Waals surface area contributed by atoms with Crippen LogP contribution in [0.3, 0.4) is 0 Å². The number of rotatable bonds is 1. The maximum atomic E-state index is 13.1. The number of fused-ring (bicyclic) bond motifs is 3. The molecule has 6 aromatic rings. The van der Waals surface area contributed by atoms with E-state index >= 15 is 0 Å². The van der Waals surface area contributed by atoms with Gasteiger partial charge in [-0.2, -0.15) is 0 Å². The van der Waals surface area contributed by atoms with Crippen molar-refractivity contribution in [3.05, 3.63) is 122 Å². The van der Waals surface area contributed by atoms with Crippen LogP contribution in [-0.2, 0) is 0 Å². The van der Waals surface area contributed by atoms with Gasteiger partial charge in [0.05, 0.1) is 0 Å². The minimum Gasteiger partial charge on any atom is -0.507 e. The number of aryl methyl sites for hydroxylation is 1. The molecule has 6 rings (SSSR count). The molecule has 0 aliphatic heterocycles. The van der Waals surface area contributed by atoms with Crippen molar-refractivity contribution in [2.45, 2.75) is 6.92 Å². The first-order valence-electron chi connectivity index (χ1n) is 10.9. The Kier molecular flexibility index (Phi) is 8.72. The molecule has 1 N–H and O–H groups in total. The second-order valence-corrected chi connectivity index (χ2v) is 10.3. The molecule has 0 bridgehead atoms. The minimum atomic E-state index is -0.441. The van der Waals surface area contributed by atoms with Crippen LogP contribution >= 0.6 is 46.1 Å². The van der Waals surface area contributed by atoms with Gasteiger partial charge in [-0.3, -0.25) is 0 Å². The lowest BCUT2D eigenvalue weighted by Crippen LogP contribution is -1.83. The summed E-state index contributed by atoms with van der Waals surface area (Å²) in [5.74, 6) is -0.750. The average Bonchev–Trinajstić information content (AvgIpc) is 3.49. The van der Waals surface area contributed by atoms with Crippen molar-refractivity contribution in [3.8, 4) is 16.9 Å². The predicted octanol–water partition coefficient (Wildman–Crippen LogP) is 10.9. The van der Waals surface area contributed by atoms with Gasteiger partial charge in [0, 0.05) is 41.8 Å². The van der Waals surface area contributed by atoms with Crippen LogP contribution in [0.25, 0.3) is 33.1 Å². The zero-order chi connectivity index (χ0) is 26.5. The van der Waals surface area contributed by atoms with Gasteiger partial charge in [-0.25, -0.2) is 8.78 Å². The summed E-state index contributed by atoms with van der Waals surface area (Å²) in [6, 6.07) is 22.4. The van der Waals surface area contributed by atoms with Crippen LogP contribution in [0.5, 0.6) is 5.75 Å². The Balaban J connectivity index is 0.000000142. The summed E-state index contributed by atoms with van der Waals surface area (Å²) in [4.78, 5) is 1.38. The Morgan fingerprint density at radius 3 is 2.00 bits per heavy atom. The molecule has 0 unspecified atom stereocenters. The summed E-state index contributed by atoms with van der Waals surface area (Å²) in [6.45, 7) is 2.10. The number of phenols is 1. The summed E-state index contributed by atoms with van der Waals surface area (Å²) in [7, 11) is 0. The topological polar surface area (TPSA) is 33.4 Å². The molecular formula is C29H19Cl3F2O2S. The molecular weight excluding hydrogens is 557 g/mol. The first-order valence-corrected chi connectivity index (χ1v) is 12.9. The smallest absolute Gasteiger partial charge is 0.135 e. The van der Waals surface area contributed by atoms with Crippen LogP contribution in [0.2, 0.25) is 15.1 Å². The van der Waals surface area contributed by atoms with Crippen molar-refractivity contribution in [2.75, 3.05) is 0 Å². The van der Waals surface area contributed by atoms with Crippen LogP contribution < -0.4 is 0 Å². The number of furan rings is 1. The van der Waals surface area contributed by atoms with Gasteiger partial charge in [-0.1, -0.05) is 40.9 Å². The van der Waals surface area contributed by atoms with Gasteiger partial charge >= 0.3 is 0 Å². The first kappa shape index (κ1) is 27.0. The number of aromatic hydroxyl groups is 1. The predicted molar refractivity (Wildman–Crippen MR) is 151 cm³/mol. The Labute approximate surface area is 231 Å². The number of thiophene rings is 1.